The fraction of sp³-hybridized carbons (Fsp3) is 0.900. The van der Waals surface area contributed by atoms with Crippen LogP contribution >= 0.6 is 0 Å². The van der Waals surface area contributed by atoms with E-state index >= 15 is 0 Å². The molecule has 4 heteroatoms. The number of rotatable bonds is 3. The van der Waals surface area contributed by atoms with Crippen LogP contribution in [-0.4, -0.2) is 49.2 Å². The molecule has 0 aromatic rings. The summed E-state index contributed by atoms with van der Waals surface area (Å²) in [5.41, 5.74) is 0. The number of hydrogen-bond acceptors (Lipinski definition) is 3. The van der Waals surface area contributed by atoms with E-state index in [1.165, 1.54) is 0 Å². The minimum atomic E-state index is -0.163. The van der Waals surface area contributed by atoms with Gasteiger partial charge in [-0.2, -0.15) is 0 Å². The van der Waals surface area contributed by atoms with Crippen molar-refractivity contribution in [3.8, 4) is 0 Å². The Morgan fingerprint density at radius 1 is 1.50 bits per heavy atom. The molecule has 1 fully saturated rings. The van der Waals surface area contributed by atoms with Crippen molar-refractivity contribution in [1.29, 1.82) is 0 Å². The van der Waals surface area contributed by atoms with Crippen LogP contribution < -0.4 is 5.32 Å². The molecule has 1 amide bonds. The van der Waals surface area contributed by atoms with Gasteiger partial charge in [0, 0.05) is 19.6 Å². The van der Waals surface area contributed by atoms with Crippen molar-refractivity contribution in [3.05, 3.63) is 0 Å². The number of carbonyl (C=O) groups is 1. The molecule has 1 heterocycles. The largest absolute Gasteiger partial charge is 0.375 e. The first-order valence-electron chi connectivity index (χ1n) is 5.34. The molecule has 0 aromatic carbocycles. The van der Waals surface area contributed by atoms with E-state index in [1.807, 2.05) is 25.7 Å². The topological polar surface area (TPSA) is 41.6 Å². The molecule has 82 valence electrons. The highest BCUT2D eigenvalue weighted by Crippen LogP contribution is 2.07. The van der Waals surface area contributed by atoms with E-state index in [0.717, 1.165) is 19.6 Å². The third kappa shape index (κ3) is 2.45. The molecule has 0 aliphatic carbocycles. The predicted octanol–water partition coefficient (Wildman–Crippen LogP) is 0.232. The van der Waals surface area contributed by atoms with Crippen LogP contribution in [-0.2, 0) is 9.53 Å². The number of ether oxygens (including phenoxy) is 1. The van der Waals surface area contributed by atoms with Gasteiger partial charge < -0.3 is 15.0 Å². The molecule has 1 N–H and O–H groups in total. The van der Waals surface area contributed by atoms with Gasteiger partial charge in [0.2, 0.25) is 5.91 Å². The minimum absolute atomic E-state index is 0.0168. The van der Waals surface area contributed by atoms with Gasteiger partial charge in [0.05, 0.1) is 12.7 Å². The third-order valence-corrected chi connectivity index (χ3v) is 2.66. The van der Waals surface area contributed by atoms with Crippen molar-refractivity contribution in [3.63, 3.8) is 0 Å². The quantitative estimate of drug-likeness (QED) is 0.709. The van der Waals surface area contributed by atoms with Crippen molar-refractivity contribution >= 4 is 5.91 Å². The number of morpholine rings is 1. The van der Waals surface area contributed by atoms with Gasteiger partial charge in [-0.3, -0.25) is 4.79 Å². The summed E-state index contributed by atoms with van der Waals surface area (Å²) in [5, 5.41) is 3.20. The molecular weight excluding hydrogens is 180 g/mol. The monoisotopic (exact) mass is 200 g/mol. The van der Waals surface area contributed by atoms with Crippen molar-refractivity contribution < 1.29 is 9.53 Å². The molecule has 1 rings (SSSR count). The predicted molar refractivity (Wildman–Crippen MR) is 55.1 cm³/mol. The van der Waals surface area contributed by atoms with Crippen LogP contribution in [0.4, 0.5) is 0 Å². The maximum Gasteiger partial charge on any atom is 0.242 e. The molecule has 2 atom stereocenters. The highest BCUT2D eigenvalue weighted by molar-refractivity contribution is 5.82. The van der Waals surface area contributed by atoms with Crippen LogP contribution in [0.15, 0.2) is 0 Å². The fourth-order valence-electron chi connectivity index (χ4n) is 1.74. The average molecular weight is 200 g/mol. The maximum atomic E-state index is 12.0. The smallest absolute Gasteiger partial charge is 0.242 e. The summed E-state index contributed by atoms with van der Waals surface area (Å²) in [6.45, 7) is 8.93. The lowest BCUT2D eigenvalue weighted by Crippen LogP contribution is -2.56. The van der Waals surface area contributed by atoms with Crippen LogP contribution in [0.1, 0.15) is 20.8 Å². The molecule has 0 aromatic heterocycles. The Hall–Kier alpha value is -0.610. The zero-order valence-electron chi connectivity index (χ0n) is 9.25. The van der Waals surface area contributed by atoms with Crippen LogP contribution in [0.25, 0.3) is 0 Å². The molecule has 0 unspecified atom stereocenters. The second-order valence-electron chi connectivity index (χ2n) is 3.52. The first kappa shape index (κ1) is 11.5. The highest BCUT2D eigenvalue weighted by atomic mass is 16.5. The van der Waals surface area contributed by atoms with E-state index in [2.05, 4.69) is 5.32 Å². The lowest BCUT2D eigenvalue weighted by atomic mass is 10.1. The SMILES string of the molecule is CCN(CC)C(=O)[C@H]1NCCO[C@@H]1C. The first-order valence-corrected chi connectivity index (χ1v) is 5.34. The van der Waals surface area contributed by atoms with E-state index in [-0.39, 0.29) is 18.1 Å². The Balaban J connectivity index is 2.57. The number of nitrogens with zero attached hydrogens (tertiary/aromatic N) is 1. The number of carbonyl (C=O) groups excluding carboxylic acids is 1. The van der Waals surface area contributed by atoms with Crippen LogP contribution in [0.5, 0.6) is 0 Å². The number of nitrogens with one attached hydrogen (secondary N) is 1. The molecule has 1 aliphatic heterocycles. The van der Waals surface area contributed by atoms with E-state index in [1.54, 1.807) is 0 Å². The van der Waals surface area contributed by atoms with Gasteiger partial charge in [-0.05, 0) is 20.8 Å². The first-order chi connectivity index (χ1) is 6.70. The Labute approximate surface area is 85.6 Å². The summed E-state index contributed by atoms with van der Waals surface area (Å²) in [6, 6.07) is -0.163. The molecule has 1 aliphatic rings. The molecule has 0 bridgehead atoms. The Kier molecular flexibility index (Phi) is 4.35. The number of likely N-dealkylation sites (N-methyl/N-ethyl adjacent to an activating group) is 1. The van der Waals surface area contributed by atoms with Gasteiger partial charge in [0.1, 0.15) is 6.04 Å². The molecule has 14 heavy (non-hydrogen) atoms. The zero-order chi connectivity index (χ0) is 10.6. The molecule has 0 spiro atoms. The lowest BCUT2D eigenvalue weighted by molar-refractivity contribution is -0.139. The minimum Gasteiger partial charge on any atom is -0.375 e. The lowest BCUT2D eigenvalue weighted by Gasteiger charge is -2.33. The van der Waals surface area contributed by atoms with Gasteiger partial charge in [-0.15, -0.1) is 0 Å². The zero-order valence-corrected chi connectivity index (χ0v) is 9.25. The average Bonchev–Trinajstić information content (AvgIpc) is 2.20. The van der Waals surface area contributed by atoms with Gasteiger partial charge >= 0.3 is 0 Å². The standard InChI is InChI=1S/C10H20N2O2/c1-4-12(5-2)10(13)9-8(3)14-7-6-11-9/h8-9,11H,4-7H2,1-3H3/t8-,9+/m1/s1. The van der Waals surface area contributed by atoms with Crippen LogP contribution in [0.3, 0.4) is 0 Å². The van der Waals surface area contributed by atoms with Crippen LogP contribution in [0.2, 0.25) is 0 Å². The molecule has 1 saturated heterocycles. The summed E-state index contributed by atoms with van der Waals surface area (Å²) in [7, 11) is 0. The maximum absolute atomic E-state index is 12.0. The normalized spacial score (nSPS) is 27.4. The van der Waals surface area contributed by atoms with Crippen LogP contribution in [0, 0.1) is 0 Å². The Bertz CT molecular complexity index is 193. The number of hydrogen-bond donors (Lipinski definition) is 1. The summed E-state index contributed by atoms with van der Waals surface area (Å²) in [4.78, 5) is 13.8. The second kappa shape index (κ2) is 5.32. The van der Waals surface area contributed by atoms with Gasteiger partial charge in [-0.1, -0.05) is 0 Å². The van der Waals surface area contributed by atoms with Crippen molar-refractivity contribution in [2.75, 3.05) is 26.2 Å². The van der Waals surface area contributed by atoms with E-state index in [0.29, 0.717) is 6.61 Å². The van der Waals surface area contributed by atoms with Gasteiger partial charge in [0.15, 0.2) is 0 Å². The fourth-order valence-corrected chi connectivity index (χ4v) is 1.74. The second-order valence-corrected chi connectivity index (χ2v) is 3.52. The van der Waals surface area contributed by atoms with Crippen molar-refractivity contribution in [2.45, 2.75) is 32.9 Å². The molecular formula is C10H20N2O2. The molecule has 0 radical (unpaired) electrons. The van der Waals surface area contributed by atoms with Crippen molar-refractivity contribution in [2.24, 2.45) is 0 Å². The van der Waals surface area contributed by atoms with E-state index < -0.39 is 0 Å². The summed E-state index contributed by atoms with van der Waals surface area (Å²) in [6.07, 6.45) is -0.0168. The van der Waals surface area contributed by atoms with E-state index in [4.69, 9.17) is 4.74 Å². The Morgan fingerprint density at radius 2 is 2.14 bits per heavy atom. The summed E-state index contributed by atoms with van der Waals surface area (Å²) < 4.78 is 5.44. The van der Waals surface area contributed by atoms with Gasteiger partial charge in [0.25, 0.3) is 0 Å². The molecule has 0 saturated carbocycles. The third-order valence-electron chi connectivity index (χ3n) is 2.66. The summed E-state index contributed by atoms with van der Waals surface area (Å²) in [5.74, 6) is 0.155. The Morgan fingerprint density at radius 3 is 2.64 bits per heavy atom. The van der Waals surface area contributed by atoms with E-state index in [9.17, 15) is 4.79 Å². The summed E-state index contributed by atoms with van der Waals surface area (Å²) >= 11 is 0. The molecule has 4 nitrogen and oxygen atoms in total. The van der Waals surface area contributed by atoms with Gasteiger partial charge in [-0.25, -0.2) is 0 Å². The number of amides is 1. The highest BCUT2D eigenvalue weighted by Gasteiger charge is 2.30. The van der Waals surface area contributed by atoms with Crippen molar-refractivity contribution in [1.82, 2.24) is 10.2 Å².